The molecule has 0 amide bonds. The van der Waals surface area contributed by atoms with Crippen LogP contribution in [-0.2, 0) is 10.9 Å². The Morgan fingerprint density at radius 2 is 1.95 bits per heavy atom. The van der Waals surface area contributed by atoms with Crippen molar-refractivity contribution in [2.45, 2.75) is 6.18 Å². The average molecular weight is 358 g/mol. The molecule has 0 aliphatic heterocycles. The summed E-state index contributed by atoms with van der Waals surface area (Å²) in [6, 6.07) is 1.62. The van der Waals surface area contributed by atoms with E-state index in [1.165, 1.54) is 0 Å². The van der Waals surface area contributed by atoms with Gasteiger partial charge in [0.2, 0.25) is 0 Å². The molecule has 0 aliphatic rings. The van der Waals surface area contributed by atoms with Gasteiger partial charge in [0.1, 0.15) is 16.5 Å². The second-order valence-corrected chi connectivity index (χ2v) is 4.76. The van der Waals surface area contributed by atoms with Crippen LogP contribution in [0.4, 0.5) is 17.6 Å². The first-order valence-corrected chi connectivity index (χ1v) is 6.22. The Labute approximate surface area is 130 Å². The van der Waals surface area contributed by atoms with Gasteiger partial charge in [-0.2, -0.15) is 13.2 Å². The highest BCUT2D eigenvalue weighted by atomic mass is 35.5. The summed E-state index contributed by atoms with van der Waals surface area (Å²) in [6.07, 6.45) is -4.89. The second-order valence-electron chi connectivity index (χ2n) is 3.98. The van der Waals surface area contributed by atoms with E-state index in [1.807, 2.05) is 0 Å². The third kappa shape index (κ3) is 2.89. The molecule has 2 aromatic rings. The van der Waals surface area contributed by atoms with Gasteiger partial charge in [-0.25, -0.2) is 9.18 Å². The predicted octanol–water partition coefficient (Wildman–Crippen LogP) is 4.59. The maximum atomic E-state index is 13.9. The van der Waals surface area contributed by atoms with Crippen molar-refractivity contribution in [1.82, 2.24) is 5.16 Å². The van der Waals surface area contributed by atoms with Crippen LogP contribution in [0, 0.1) is 5.82 Å². The summed E-state index contributed by atoms with van der Waals surface area (Å²) in [5.74, 6) is -3.50. The highest BCUT2D eigenvalue weighted by Crippen LogP contribution is 2.41. The van der Waals surface area contributed by atoms with Crippen molar-refractivity contribution in [1.29, 1.82) is 0 Å². The van der Waals surface area contributed by atoms with Crippen LogP contribution >= 0.6 is 23.2 Å². The Bertz CT molecular complexity index is 743. The summed E-state index contributed by atoms with van der Waals surface area (Å²) in [6.45, 7) is 0. The lowest BCUT2D eigenvalue weighted by molar-refractivity contribution is -0.155. The van der Waals surface area contributed by atoms with E-state index in [4.69, 9.17) is 23.2 Å². The first kappa shape index (κ1) is 16.6. The van der Waals surface area contributed by atoms with E-state index in [0.717, 1.165) is 19.2 Å². The van der Waals surface area contributed by atoms with Gasteiger partial charge >= 0.3 is 12.1 Å². The van der Waals surface area contributed by atoms with Crippen molar-refractivity contribution >= 4 is 29.2 Å². The zero-order valence-corrected chi connectivity index (χ0v) is 12.1. The molecule has 0 radical (unpaired) electrons. The molecule has 1 heterocycles. The molecule has 0 unspecified atom stereocenters. The van der Waals surface area contributed by atoms with Crippen LogP contribution in [0.5, 0.6) is 0 Å². The Balaban J connectivity index is 2.63. The molecule has 1 aromatic carbocycles. The highest BCUT2D eigenvalue weighted by molar-refractivity contribution is 6.34. The fourth-order valence-electron chi connectivity index (χ4n) is 1.62. The predicted molar refractivity (Wildman–Crippen MR) is 68.3 cm³/mol. The SMILES string of the molecule is COC(=O)c1cc(-c2noc(C(F)(F)F)c2Cl)c(F)cc1Cl. The normalized spacial score (nSPS) is 11.6. The summed E-state index contributed by atoms with van der Waals surface area (Å²) in [5.41, 5.74) is -1.34. The van der Waals surface area contributed by atoms with Gasteiger partial charge in [-0.3, -0.25) is 0 Å². The molecule has 0 N–H and O–H groups in total. The standard InChI is InChI=1S/C12H5Cl2F4NO3/c1-21-11(20)4-2-5(7(15)3-6(4)13)9-8(14)10(22-19-9)12(16,17)18/h2-3H,1H3. The van der Waals surface area contributed by atoms with E-state index in [9.17, 15) is 22.4 Å². The molecular formula is C12H5Cl2F4NO3. The average Bonchev–Trinajstić information content (AvgIpc) is 2.80. The second kappa shape index (κ2) is 5.77. The first-order chi connectivity index (χ1) is 10.2. The van der Waals surface area contributed by atoms with E-state index in [-0.39, 0.29) is 10.6 Å². The van der Waals surface area contributed by atoms with E-state index < -0.39 is 40.0 Å². The van der Waals surface area contributed by atoms with Gasteiger partial charge in [-0.1, -0.05) is 28.4 Å². The number of esters is 1. The van der Waals surface area contributed by atoms with Crippen molar-refractivity contribution < 1.29 is 31.6 Å². The van der Waals surface area contributed by atoms with Crippen LogP contribution in [0.25, 0.3) is 11.3 Å². The first-order valence-electron chi connectivity index (χ1n) is 5.47. The van der Waals surface area contributed by atoms with Crippen LogP contribution in [0.2, 0.25) is 10.0 Å². The largest absolute Gasteiger partial charge is 0.465 e. The zero-order valence-electron chi connectivity index (χ0n) is 10.6. The topological polar surface area (TPSA) is 52.3 Å². The van der Waals surface area contributed by atoms with Gasteiger partial charge < -0.3 is 9.26 Å². The van der Waals surface area contributed by atoms with Crippen LogP contribution in [0.15, 0.2) is 16.7 Å². The number of carbonyl (C=O) groups is 1. The maximum absolute atomic E-state index is 13.9. The molecule has 0 atom stereocenters. The summed E-state index contributed by atoms with van der Waals surface area (Å²) < 4.78 is 60.2. The third-order valence-corrected chi connectivity index (χ3v) is 3.27. The monoisotopic (exact) mass is 357 g/mol. The highest BCUT2D eigenvalue weighted by Gasteiger charge is 2.40. The summed E-state index contributed by atoms with van der Waals surface area (Å²) in [4.78, 5) is 11.5. The number of hydrogen-bond acceptors (Lipinski definition) is 4. The molecule has 1 aromatic heterocycles. The minimum Gasteiger partial charge on any atom is -0.465 e. The van der Waals surface area contributed by atoms with Crippen molar-refractivity contribution in [2.75, 3.05) is 7.11 Å². The summed E-state index contributed by atoms with van der Waals surface area (Å²) in [7, 11) is 1.06. The van der Waals surface area contributed by atoms with Crippen LogP contribution in [0.3, 0.4) is 0 Å². The number of halogens is 6. The van der Waals surface area contributed by atoms with Crippen LogP contribution in [0.1, 0.15) is 16.1 Å². The lowest BCUT2D eigenvalue weighted by Gasteiger charge is -2.06. The molecule has 0 fully saturated rings. The zero-order chi connectivity index (χ0) is 16.7. The van der Waals surface area contributed by atoms with E-state index in [0.29, 0.717) is 0 Å². The number of hydrogen-bond donors (Lipinski definition) is 0. The molecule has 0 aliphatic carbocycles. The van der Waals surface area contributed by atoms with Gasteiger partial charge in [0.15, 0.2) is 0 Å². The minimum absolute atomic E-state index is 0.256. The van der Waals surface area contributed by atoms with Gasteiger partial charge in [0.05, 0.1) is 17.7 Å². The van der Waals surface area contributed by atoms with Crippen molar-refractivity contribution in [3.8, 4) is 11.3 Å². The molecule has 0 saturated carbocycles. The van der Waals surface area contributed by atoms with Gasteiger partial charge in [0, 0.05) is 5.56 Å². The number of alkyl halides is 3. The van der Waals surface area contributed by atoms with Crippen molar-refractivity contribution in [3.63, 3.8) is 0 Å². The third-order valence-electron chi connectivity index (χ3n) is 2.61. The number of rotatable bonds is 2. The number of methoxy groups -OCH3 is 1. The number of aromatic nitrogens is 1. The molecule has 4 nitrogen and oxygen atoms in total. The van der Waals surface area contributed by atoms with Gasteiger partial charge in [0.25, 0.3) is 5.76 Å². The molecule has 0 spiro atoms. The Hall–Kier alpha value is -1.80. The van der Waals surface area contributed by atoms with Crippen LogP contribution in [-0.4, -0.2) is 18.2 Å². The Morgan fingerprint density at radius 1 is 1.32 bits per heavy atom. The van der Waals surface area contributed by atoms with Gasteiger partial charge in [-0.05, 0) is 12.1 Å². The quantitative estimate of drug-likeness (QED) is 0.582. The number of ether oxygens (including phenoxy) is 1. The minimum atomic E-state index is -4.89. The van der Waals surface area contributed by atoms with Crippen molar-refractivity contribution in [3.05, 3.63) is 39.3 Å². The fourth-order valence-corrected chi connectivity index (χ4v) is 2.12. The molecule has 118 valence electrons. The van der Waals surface area contributed by atoms with Gasteiger partial charge in [-0.15, -0.1) is 0 Å². The lowest BCUT2D eigenvalue weighted by atomic mass is 10.1. The van der Waals surface area contributed by atoms with Crippen LogP contribution < -0.4 is 0 Å². The lowest BCUT2D eigenvalue weighted by Crippen LogP contribution is -2.04. The Kier molecular flexibility index (Phi) is 4.35. The van der Waals surface area contributed by atoms with E-state index in [2.05, 4.69) is 14.4 Å². The maximum Gasteiger partial charge on any atom is 0.453 e. The smallest absolute Gasteiger partial charge is 0.453 e. The van der Waals surface area contributed by atoms with E-state index >= 15 is 0 Å². The number of benzene rings is 1. The fraction of sp³-hybridized carbons (Fsp3) is 0.167. The molecule has 0 bridgehead atoms. The molecule has 0 saturated heterocycles. The molecule has 10 heteroatoms. The van der Waals surface area contributed by atoms with E-state index in [1.54, 1.807) is 0 Å². The molecule has 2 rings (SSSR count). The number of nitrogens with zero attached hydrogens (tertiary/aromatic N) is 1. The van der Waals surface area contributed by atoms with Crippen molar-refractivity contribution in [2.24, 2.45) is 0 Å². The number of carbonyl (C=O) groups excluding carboxylic acids is 1. The molecule has 22 heavy (non-hydrogen) atoms. The molecular weight excluding hydrogens is 353 g/mol. The summed E-state index contributed by atoms with van der Waals surface area (Å²) >= 11 is 11.2. The summed E-state index contributed by atoms with van der Waals surface area (Å²) in [5, 5.41) is 1.91. The Morgan fingerprint density at radius 3 is 2.45 bits per heavy atom.